The minimum absolute atomic E-state index is 0.0427. The van der Waals surface area contributed by atoms with Crippen LogP contribution in [0.1, 0.15) is 46.0 Å². The van der Waals surface area contributed by atoms with Crippen LogP contribution >= 0.6 is 0 Å². The normalized spacial score (nSPS) is 20.5. The van der Waals surface area contributed by atoms with Crippen molar-refractivity contribution in [2.24, 2.45) is 0 Å². The fraction of sp³-hybridized carbons (Fsp3) is 0.524. The molecule has 0 radical (unpaired) electrons. The van der Waals surface area contributed by atoms with Crippen LogP contribution in [-0.4, -0.2) is 53.0 Å². The van der Waals surface area contributed by atoms with E-state index >= 15 is 0 Å². The van der Waals surface area contributed by atoms with Gasteiger partial charge in [-0.3, -0.25) is 24.2 Å². The number of imide groups is 1. The van der Waals surface area contributed by atoms with Crippen molar-refractivity contribution in [3.63, 3.8) is 0 Å². The summed E-state index contributed by atoms with van der Waals surface area (Å²) in [7, 11) is 0. The maximum atomic E-state index is 13.9. The highest BCUT2D eigenvalue weighted by Gasteiger charge is 2.53. The molecule has 1 aromatic carbocycles. The van der Waals surface area contributed by atoms with Crippen molar-refractivity contribution >= 4 is 35.1 Å². The third-order valence-electron chi connectivity index (χ3n) is 5.67. The molecule has 32 heavy (non-hydrogen) atoms. The smallest absolute Gasteiger partial charge is 0.324 e. The average Bonchev–Trinajstić information content (AvgIpc) is 2.85. The number of carbonyl (C=O) groups is 4. The quantitative estimate of drug-likeness (QED) is 0.645. The number of carbonyl (C=O) groups excluding carboxylic acids is 4. The fourth-order valence-corrected chi connectivity index (χ4v) is 4.34. The van der Waals surface area contributed by atoms with E-state index in [9.17, 15) is 32.3 Å². The lowest BCUT2D eigenvalue weighted by atomic mass is 9.88. The van der Waals surface area contributed by atoms with Gasteiger partial charge in [0.05, 0.1) is 17.8 Å². The number of nitrogens with zero attached hydrogens (tertiary/aromatic N) is 2. The number of nitrogens with one attached hydrogen (secondary N) is 2. The molecule has 2 heterocycles. The number of halogens is 3. The molecule has 11 heteroatoms. The van der Waals surface area contributed by atoms with Gasteiger partial charge in [0, 0.05) is 0 Å². The molecule has 5 amide bonds. The van der Waals surface area contributed by atoms with E-state index in [4.69, 9.17) is 0 Å². The number of amides is 5. The number of benzene rings is 1. The average molecular weight is 454 g/mol. The Bertz CT molecular complexity index is 928. The van der Waals surface area contributed by atoms with Crippen LogP contribution in [0.15, 0.2) is 24.3 Å². The second-order valence-electron chi connectivity index (χ2n) is 7.99. The van der Waals surface area contributed by atoms with Gasteiger partial charge in [0.25, 0.3) is 5.91 Å². The second-order valence-corrected chi connectivity index (χ2v) is 7.99. The monoisotopic (exact) mass is 454 g/mol. The van der Waals surface area contributed by atoms with Gasteiger partial charge in [-0.2, -0.15) is 13.2 Å². The fourth-order valence-electron chi connectivity index (χ4n) is 4.34. The molecule has 2 aliphatic rings. The number of hydrogen-bond acceptors (Lipinski definition) is 4. The van der Waals surface area contributed by atoms with Crippen LogP contribution in [-0.2, 0) is 14.4 Å². The van der Waals surface area contributed by atoms with Crippen LogP contribution in [0.2, 0.25) is 0 Å². The molecule has 0 spiro atoms. The number of alkyl halides is 3. The van der Waals surface area contributed by atoms with Crippen LogP contribution in [0.3, 0.4) is 0 Å². The largest absolute Gasteiger partial charge is 0.409 e. The highest BCUT2D eigenvalue weighted by Crippen LogP contribution is 2.38. The first-order valence-electron chi connectivity index (χ1n) is 10.5. The Balaban J connectivity index is 1.97. The van der Waals surface area contributed by atoms with Gasteiger partial charge in [0.2, 0.25) is 11.8 Å². The molecule has 0 saturated carbocycles. The number of fused-ring (bicyclic) bond motifs is 1. The van der Waals surface area contributed by atoms with Gasteiger partial charge in [-0.05, 0) is 25.0 Å². The molecule has 0 aliphatic carbocycles. The van der Waals surface area contributed by atoms with Crippen molar-refractivity contribution in [3.05, 3.63) is 24.3 Å². The van der Waals surface area contributed by atoms with Crippen LogP contribution in [0.5, 0.6) is 0 Å². The van der Waals surface area contributed by atoms with Crippen molar-refractivity contribution in [1.29, 1.82) is 0 Å². The summed E-state index contributed by atoms with van der Waals surface area (Å²) >= 11 is 0. The van der Waals surface area contributed by atoms with Crippen molar-refractivity contribution < 1.29 is 32.3 Å². The Labute approximate surface area is 183 Å². The number of para-hydroxylation sites is 2. The predicted molar refractivity (Wildman–Crippen MR) is 110 cm³/mol. The molecule has 1 atom stereocenters. The van der Waals surface area contributed by atoms with E-state index in [2.05, 4.69) is 10.6 Å². The Morgan fingerprint density at radius 1 is 1.12 bits per heavy atom. The van der Waals surface area contributed by atoms with Crippen molar-refractivity contribution in [2.45, 2.75) is 63.7 Å². The third-order valence-corrected chi connectivity index (χ3v) is 5.67. The number of rotatable bonds is 6. The van der Waals surface area contributed by atoms with Gasteiger partial charge in [-0.25, -0.2) is 4.79 Å². The van der Waals surface area contributed by atoms with E-state index in [-0.39, 0.29) is 11.4 Å². The summed E-state index contributed by atoms with van der Waals surface area (Å²) in [5.74, 6) is -2.63. The SMILES string of the molecule is CCCC1(CCC)NC(=O)N(CC(=O)N2c3ccccc3NC(=O)CC2C(F)(F)F)C1=O. The molecule has 1 aromatic rings. The van der Waals surface area contributed by atoms with E-state index in [1.165, 1.54) is 24.3 Å². The zero-order valence-corrected chi connectivity index (χ0v) is 17.8. The molecule has 174 valence electrons. The summed E-state index contributed by atoms with van der Waals surface area (Å²) < 4.78 is 41.6. The van der Waals surface area contributed by atoms with Crippen LogP contribution in [0.25, 0.3) is 0 Å². The molecule has 8 nitrogen and oxygen atoms in total. The van der Waals surface area contributed by atoms with E-state index < -0.39 is 54.5 Å². The standard InChI is InChI=1S/C21H25F3N4O4/c1-3-9-20(10-4-2)18(31)27(19(32)26-20)12-17(30)28-14-8-6-5-7-13(14)25-16(29)11-15(28)21(22,23)24/h5-8,15H,3-4,9-12H2,1-2H3,(H,25,29)(H,26,32). The molecular formula is C21H25F3N4O4. The van der Waals surface area contributed by atoms with Crippen molar-refractivity contribution in [2.75, 3.05) is 16.8 Å². The lowest BCUT2D eigenvalue weighted by molar-refractivity contribution is -0.158. The van der Waals surface area contributed by atoms with E-state index in [0.717, 1.165) is 0 Å². The molecule has 0 aromatic heterocycles. The van der Waals surface area contributed by atoms with Crippen LogP contribution in [0, 0.1) is 0 Å². The highest BCUT2D eigenvalue weighted by atomic mass is 19.4. The Morgan fingerprint density at radius 2 is 1.75 bits per heavy atom. The summed E-state index contributed by atoms with van der Waals surface area (Å²) in [5.41, 5.74) is -1.27. The van der Waals surface area contributed by atoms with Gasteiger partial charge >= 0.3 is 12.2 Å². The summed E-state index contributed by atoms with van der Waals surface area (Å²) in [4.78, 5) is 52.0. The molecule has 2 aliphatic heterocycles. The molecule has 2 N–H and O–H groups in total. The Kier molecular flexibility index (Phi) is 6.47. The van der Waals surface area contributed by atoms with Gasteiger partial charge in [-0.1, -0.05) is 38.8 Å². The summed E-state index contributed by atoms with van der Waals surface area (Å²) in [5, 5.41) is 5.01. The minimum Gasteiger partial charge on any atom is -0.324 e. The Hall–Kier alpha value is -3.11. The van der Waals surface area contributed by atoms with Crippen LogP contribution < -0.4 is 15.5 Å². The summed E-state index contributed by atoms with van der Waals surface area (Å²) in [6.07, 6.45) is -4.01. The van der Waals surface area contributed by atoms with E-state index in [0.29, 0.717) is 35.5 Å². The summed E-state index contributed by atoms with van der Waals surface area (Å²) in [6, 6.07) is 2.36. The van der Waals surface area contributed by atoms with Crippen molar-refractivity contribution in [1.82, 2.24) is 10.2 Å². The Morgan fingerprint density at radius 3 is 2.34 bits per heavy atom. The lowest BCUT2D eigenvalue weighted by Crippen LogP contribution is -2.53. The van der Waals surface area contributed by atoms with Gasteiger partial charge in [-0.15, -0.1) is 0 Å². The molecule has 1 saturated heterocycles. The van der Waals surface area contributed by atoms with Crippen molar-refractivity contribution in [3.8, 4) is 0 Å². The second kappa shape index (κ2) is 8.79. The van der Waals surface area contributed by atoms with Gasteiger partial charge < -0.3 is 10.6 Å². The topological polar surface area (TPSA) is 98.8 Å². The number of anilines is 2. The first-order valence-corrected chi connectivity index (χ1v) is 10.5. The molecule has 0 bridgehead atoms. The van der Waals surface area contributed by atoms with Gasteiger partial charge in [0.15, 0.2) is 0 Å². The number of urea groups is 1. The van der Waals surface area contributed by atoms with Crippen LogP contribution in [0.4, 0.5) is 29.3 Å². The van der Waals surface area contributed by atoms with E-state index in [1.54, 1.807) is 0 Å². The van der Waals surface area contributed by atoms with E-state index in [1.807, 2.05) is 13.8 Å². The maximum Gasteiger partial charge on any atom is 0.409 e. The summed E-state index contributed by atoms with van der Waals surface area (Å²) in [6.45, 7) is 2.82. The van der Waals surface area contributed by atoms with Gasteiger partial charge in [0.1, 0.15) is 18.1 Å². The minimum atomic E-state index is -4.91. The zero-order chi connectivity index (χ0) is 23.7. The predicted octanol–water partition coefficient (Wildman–Crippen LogP) is 3.18. The molecular weight excluding hydrogens is 429 g/mol. The first kappa shape index (κ1) is 23.6. The highest BCUT2D eigenvalue weighted by molar-refractivity contribution is 6.12. The number of hydrogen-bond donors (Lipinski definition) is 2. The molecule has 1 fully saturated rings. The third kappa shape index (κ3) is 4.28. The zero-order valence-electron chi connectivity index (χ0n) is 17.8. The maximum absolute atomic E-state index is 13.9. The molecule has 1 unspecified atom stereocenters. The first-order chi connectivity index (χ1) is 15.0. The molecule has 3 rings (SSSR count). The lowest BCUT2D eigenvalue weighted by Gasteiger charge is -2.32.